The number of anilines is 3. The number of hydrogen-bond donors (Lipinski definition) is 1. The third-order valence-electron chi connectivity index (χ3n) is 3.75. The summed E-state index contributed by atoms with van der Waals surface area (Å²) >= 11 is 0. The molecule has 5 heteroatoms. The van der Waals surface area contributed by atoms with Crippen molar-refractivity contribution in [3.05, 3.63) is 48.2 Å². The van der Waals surface area contributed by atoms with E-state index in [-0.39, 0.29) is 0 Å². The van der Waals surface area contributed by atoms with Crippen LogP contribution in [0.4, 0.5) is 17.2 Å². The van der Waals surface area contributed by atoms with E-state index in [1.54, 1.807) is 12.1 Å². The highest BCUT2D eigenvalue weighted by Crippen LogP contribution is 2.26. The van der Waals surface area contributed by atoms with E-state index in [1.165, 1.54) is 0 Å². The minimum atomic E-state index is 0.645. The Morgan fingerprint density at radius 1 is 1.05 bits per heavy atom. The van der Waals surface area contributed by atoms with Gasteiger partial charge in [-0.1, -0.05) is 6.07 Å². The zero-order valence-corrected chi connectivity index (χ0v) is 11.7. The average Bonchev–Trinajstić information content (AvgIpc) is 2.56. The smallest absolute Gasteiger partial charge is 0.128 e. The Morgan fingerprint density at radius 3 is 2.48 bits per heavy atom. The van der Waals surface area contributed by atoms with Crippen LogP contribution in [0.3, 0.4) is 0 Å². The summed E-state index contributed by atoms with van der Waals surface area (Å²) in [6.45, 7) is 3.53. The molecule has 0 spiro atoms. The van der Waals surface area contributed by atoms with Gasteiger partial charge in [0.2, 0.25) is 0 Å². The molecule has 1 aromatic heterocycles. The summed E-state index contributed by atoms with van der Waals surface area (Å²) < 4.78 is 0. The molecular weight excluding hydrogens is 262 g/mol. The number of hydrogen-bond acceptors (Lipinski definition) is 5. The summed E-state index contributed by atoms with van der Waals surface area (Å²) in [5.41, 5.74) is 8.36. The molecule has 1 fully saturated rings. The topological polar surface area (TPSA) is 69.2 Å². The van der Waals surface area contributed by atoms with Gasteiger partial charge < -0.3 is 15.5 Å². The van der Waals surface area contributed by atoms with Crippen LogP contribution in [0, 0.1) is 11.3 Å². The molecule has 2 N–H and O–H groups in total. The Bertz CT molecular complexity index is 654. The lowest BCUT2D eigenvalue weighted by atomic mass is 10.1. The molecule has 0 amide bonds. The highest BCUT2D eigenvalue weighted by Gasteiger charge is 2.19. The zero-order valence-electron chi connectivity index (χ0n) is 11.7. The fraction of sp³-hybridized carbons (Fsp3) is 0.250. The van der Waals surface area contributed by atoms with E-state index < -0.39 is 0 Å². The van der Waals surface area contributed by atoms with E-state index in [0.717, 1.165) is 43.4 Å². The quantitative estimate of drug-likeness (QED) is 0.850. The van der Waals surface area contributed by atoms with Crippen molar-refractivity contribution >= 4 is 17.2 Å². The zero-order chi connectivity index (χ0) is 14.7. The number of aromatic nitrogens is 1. The average molecular weight is 279 g/mol. The van der Waals surface area contributed by atoms with Gasteiger partial charge >= 0.3 is 0 Å². The van der Waals surface area contributed by atoms with E-state index in [4.69, 9.17) is 11.0 Å². The molecule has 1 aliphatic heterocycles. The standard InChI is InChI=1S/C16H17N5/c17-12-13-4-5-14(18)15(11-13)20-7-9-21(10-8-20)16-3-1-2-6-19-16/h1-6,11H,7-10,18H2. The molecule has 5 nitrogen and oxygen atoms in total. The molecule has 21 heavy (non-hydrogen) atoms. The molecule has 0 unspecified atom stereocenters. The van der Waals surface area contributed by atoms with E-state index >= 15 is 0 Å². The first-order valence-electron chi connectivity index (χ1n) is 6.98. The van der Waals surface area contributed by atoms with E-state index in [9.17, 15) is 0 Å². The summed E-state index contributed by atoms with van der Waals surface area (Å²) in [4.78, 5) is 8.88. The monoisotopic (exact) mass is 279 g/mol. The van der Waals surface area contributed by atoms with Gasteiger partial charge in [0.05, 0.1) is 23.0 Å². The van der Waals surface area contributed by atoms with Crippen molar-refractivity contribution in [2.24, 2.45) is 0 Å². The van der Waals surface area contributed by atoms with Gasteiger partial charge in [0.25, 0.3) is 0 Å². The summed E-state index contributed by atoms with van der Waals surface area (Å²) in [6.07, 6.45) is 1.82. The molecule has 106 valence electrons. The number of pyridine rings is 1. The molecular formula is C16H17N5. The number of benzene rings is 1. The minimum absolute atomic E-state index is 0.645. The third kappa shape index (κ3) is 2.75. The van der Waals surface area contributed by atoms with Gasteiger partial charge in [-0.2, -0.15) is 5.26 Å². The molecule has 2 heterocycles. The molecule has 0 aliphatic carbocycles. The van der Waals surface area contributed by atoms with Crippen LogP contribution in [0.5, 0.6) is 0 Å². The van der Waals surface area contributed by atoms with Crippen LogP contribution in [0.25, 0.3) is 0 Å². The Balaban J connectivity index is 1.73. The summed E-state index contributed by atoms with van der Waals surface area (Å²) in [6, 6.07) is 13.5. The fourth-order valence-corrected chi connectivity index (χ4v) is 2.60. The maximum Gasteiger partial charge on any atom is 0.128 e. The van der Waals surface area contributed by atoms with Gasteiger partial charge in [0, 0.05) is 32.4 Å². The van der Waals surface area contributed by atoms with E-state index in [2.05, 4.69) is 20.9 Å². The van der Waals surface area contributed by atoms with Crippen molar-refractivity contribution in [3.8, 4) is 6.07 Å². The molecule has 0 radical (unpaired) electrons. The number of nitrogens with zero attached hydrogens (tertiary/aromatic N) is 4. The predicted octanol–water partition coefficient (Wildman–Crippen LogP) is 1.86. The molecule has 0 bridgehead atoms. The molecule has 1 aliphatic rings. The lowest BCUT2D eigenvalue weighted by Gasteiger charge is -2.37. The molecule has 0 atom stereocenters. The Hall–Kier alpha value is -2.74. The van der Waals surface area contributed by atoms with Gasteiger partial charge in [-0.3, -0.25) is 0 Å². The summed E-state index contributed by atoms with van der Waals surface area (Å²) in [5, 5.41) is 9.02. The van der Waals surface area contributed by atoms with Crippen molar-refractivity contribution in [1.82, 2.24) is 4.98 Å². The second-order valence-corrected chi connectivity index (χ2v) is 5.05. The number of piperazine rings is 1. The number of nitrogen functional groups attached to an aromatic ring is 1. The van der Waals surface area contributed by atoms with E-state index in [1.807, 2.05) is 30.5 Å². The number of nitriles is 1. The maximum atomic E-state index is 9.02. The SMILES string of the molecule is N#Cc1ccc(N)c(N2CCN(c3ccccn3)CC2)c1. The molecule has 2 aromatic rings. The van der Waals surface area contributed by atoms with Gasteiger partial charge in [-0.15, -0.1) is 0 Å². The normalized spacial score (nSPS) is 14.8. The lowest BCUT2D eigenvalue weighted by Crippen LogP contribution is -2.47. The predicted molar refractivity (Wildman–Crippen MR) is 84.2 cm³/mol. The Labute approximate surface area is 124 Å². The molecule has 0 saturated carbocycles. The fourth-order valence-electron chi connectivity index (χ4n) is 2.60. The summed E-state index contributed by atoms with van der Waals surface area (Å²) in [5.74, 6) is 1.01. The van der Waals surface area contributed by atoms with Crippen LogP contribution in [-0.2, 0) is 0 Å². The van der Waals surface area contributed by atoms with Gasteiger partial charge in [0.1, 0.15) is 5.82 Å². The van der Waals surface area contributed by atoms with Crippen molar-refractivity contribution in [1.29, 1.82) is 5.26 Å². The largest absolute Gasteiger partial charge is 0.397 e. The molecule has 3 rings (SSSR count). The van der Waals surface area contributed by atoms with Crippen molar-refractivity contribution < 1.29 is 0 Å². The second kappa shape index (κ2) is 5.71. The van der Waals surface area contributed by atoms with Gasteiger partial charge in [-0.25, -0.2) is 4.98 Å². The summed E-state index contributed by atoms with van der Waals surface area (Å²) in [7, 11) is 0. The number of nitrogens with two attached hydrogens (primary N) is 1. The van der Waals surface area contributed by atoms with Crippen LogP contribution in [0.15, 0.2) is 42.6 Å². The third-order valence-corrected chi connectivity index (χ3v) is 3.75. The van der Waals surface area contributed by atoms with Gasteiger partial charge in [0.15, 0.2) is 0 Å². The number of rotatable bonds is 2. The van der Waals surface area contributed by atoms with Crippen LogP contribution in [0.1, 0.15) is 5.56 Å². The minimum Gasteiger partial charge on any atom is -0.397 e. The first-order chi connectivity index (χ1) is 10.3. The highest BCUT2D eigenvalue weighted by molar-refractivity contribution is 5.70. The van der Waals surface area contributed by atoms with Crippen molar-refractivity contribution in [2.75, 3.05) is 41.7 Å². The maximum absolute atomic E-state index is 9.02. The molecule has 1 aromatic carbocycles. The second-order valence-electron chi connectivity index (χ2n) is 5.05. The Kier molecular flexibility index (Phi) is 3.61. The van der Waals surface area contributed by atoms with Crippen LogP contribution in [0.2, 0.25) is 0 Å². The van der Waals surface area contributed by atoms with Crippen LogP contribution >= 0.6 is 0 Å². The van der Waals surface area contributed by atoms with E-state index in [0.29, 0.717) is 5.56 Å². The van der Waals surface area contributed by atoms with Crippen molar-refractivity contribution in [3.63, 3.8) is 0 Å². The Morgan fingerprint density at radius 2 is 1.81 bits per heavy atom. The van der Waals surface area contributed by atoms with Gasteiger partial charge in [-0.05, 0) is 30.3 Å². The highest BCUT2D eigenvalue weighted by atomic mass is 15.3. The molecule has 1 saturated heterocycles. The first-order valence-corrected chi connectivity index (χ1v) is 6.98. The van der Waals surface area contributed by atoms with Crippen molar-refractivity contribution in [2.45, 2.75) is 0 Å². The first kappa shape index (κ1) is 13.3. The van der Waals surface area contributed by atoms with Crippen LogP contribution in [-0.4, -0.2) is 31.2 Å². The van der Waals surface area contributed by atoms with Crippen LogP contribution < -0.4 is 15.5 Å². The lowest BCUT2D eigenvalue weighted by molar-refractivity contribution is 0.648.